The quantitative estimate of drug-likeness (QED) is 0.885. The molecule has 0 saturated heterocycles. The number of nitrogens with two attached hydrogens (primary N) is 1. The summed E-state index contributed by atoms with van der Waals surface area (Å²) in [4.78, 5) is 35.6. The molecule has 24 heavy (non-hydrogen) atoms. The minimum absolute atomic E-state index is 0.0244. The Hall–Kier alpha value is -2.90. The highest BCUT2D eigenvalue weighted by Crippen LogP contribution is 2.21. The third-order valence-corrected chi connectivity index (χ3v) is 3.29. The SMILES string of the molecule is CC.Cc1ccc(Nc2c(C(N)=O)c(=O)n(C)c(=O)n2C)c(F)c1. The van der Waals surface area contributed by atoms with E-state index in [1.165, 1.54) is 26.2 Å². The Morgan fingerprint density at radius 1 is 1.17 bits per heavy atom. The lowest BCUT2D eigenvalue weighted by atomic mass is 10.2. The number of aryl methyl sites for hydroxylation is 1. The van der Waals surface area contributed by atoms with E-state index in [0.29, 0.717) is 5.56 Å². The molecule has 0 atom stereocenters. The lowest BCUT2D eigenvalue weighted by Crippen LogP contribution is -2.42. The number of carbonyl (C=O) groups excluding carboxylic acids is 1. The summed E-state index contributed by atoms with van der Waals surface area (Å²) in [6.45, 7) is 5.72. The van der Waals surface area contributed by atoms with Gasteiger partial charge in [0.15, 0.2) is 0 Å². The summed E-state index contributed by atoms with van der Waals surface area (Å²) in [5.41, 5.74) is 4.03. The van der Waals surface area contributed by atoms with E-state index in [2.05, 4.69) is 5.32 Å². The van der Waals surface area contributed by atoms with Crippen LogP contribution in [-0.2, 0) is 14.1 Å². The summed E-state index contributed by atoms with van der Waals surface area (Å²) in [6, 6.07) is 4.37. The molecule has 0 saturated carbocycles. The second-order valence-electron chi connectivity index (χ2n) is 4.90. The van der Waals surface area contributed by atoms with Crippen molar-refractivity contribution < 1.29 is 9.18 Å². The Kier molecular flexibility index (Phi) is 6.05. The van der Waals surface area contributed by atoms with E-state index in [1.54, 1.807) is 13.0 Å². The largest absolute Gasteiger partial charge is 0.365 e. The number of nitrogens with one attached hydrogen (secondary N) is 1. The number of hydrogen-bond donors (Lipinski definition) is 2. The number of carbonyl (C=O) groups is 1. The first-order chi connectivity index (χ1) is 11.2. The summed E-state index contributed by atoms with van der Waals surface area (Å²) in [6.07, 6.45) is 0. The number of hydrogen-bond acceptors (Lipinski definition) is 4. The smallest absolute Gasteiger partial charge is 0.332 e. The zero-order valence-corrected chi connectivity index (χ0v) is 14.3. The molecule has 0 bridgehead atoms. The van der Waals surface area contributed by atoms with E-state index >= 15 is 0 Å². The molecule has 0 radical (unpaired) electrons. The van der Waals surface area contributed by atoms with Crippen molar-refractivity contribution in [2.75, 3.05) is 5.32 Å². The fourth-order valence-corrected chi connectivity index (χ4v) is 2.06. The minimum Gasteiger partial charge on any atom is -0.365 e. The molecule has 2 rings (SSSR count). The van der Waals surface area contributed by atoms with Crippen LogP contribution in [-0.4, -0.2) is 15.0 Å². The van der Waals surface area contributed by atoms with Gasteiger partial charge in [-0.15, -0.1) is 0 Å². The van der Waals surface area contributed by atoms with Gasteiger partial charge in [0, 0.05) is 14.1 Å². The highest BCUT2D eigenvalue weighted by Gasteiger charge is 2.20. The molecule has 1 heterocycles. The third kappa shape index (κ3) is 3.53. The zero-order chi connectivity index (χ0) is 18.6. The van der Waals surface area contributed by atoms with Crippen LogP contribution in [0.15, 0.2) is 27.8 Å². The maximum absolute atomic E-state index is 13.9. The van der Waals surface area contributed by atoms with Crippen molar-refractivity contribution in [3.8, 4) is 0 Å². The standard InChI is InChI=1S/C14H15FN4O3.C2H6/c1-7-4-5-9(8(15)6-7)17-12-10(11(16)20)13(21)19(3)14(22)18(12)2;1-2/h4-6,17H,1-3H3,(H2,16,20);1-2H3. The Labute approximate surface area is 138 Å². The van der Waals surface area contributed by atoms with Gasteiger partial charge < -0.3 is 11.1 Å². The van der Waals surface area contributed by atoms with Gasteiger partial charge >= 0.3 is 5.69 Å². The fraction of sp³-hybridized carbons (Fsp3) is 0.312. The molecular weight excluding hydrogens is 315 g/mol. The van der Waals surface area contributed by atoms with Crippen molar-refractivity contribution in [2.24, 2.45) is 19.8 Å². The molecule has 130 valence electrons. The first kappa shape index (κ1) is 19.1. The number of amides is 1. The number of aromatic nitrogens is 2. The first-order valence-electron chi connectivity index (χ1n) is 7.37. The summed E-state index contributed by atoms with van der Waals surface area (Å²) in [5.74, 6) is -1.74. The van der Waals surface area contributed by atoms with Crippen LogP contribution in [0.4, 0.5) is 15.9 Å². The number of nitrogens with zero attached hydrogens (tertiary/aromatic N) is 2. The molecule has 8 heteroatoms. The van der Waals surface area contributed by atoms with Crippen molar-refractivity contribution in [1.82, 2.24) is 9.13 Å². The van der Waals surface area contributed by atoms with Gasteiger partial charge in [-0.1, -0.05) is 19.9 Å². The molecular formula is C16H21FN4O3. The van der Waals surface area contributed by atoms with E-state index in [9.17, 15) is 18.8 Å². The van der Waals surface area contributed by atoms with Gasteiger partial charge in [0.05, 0.1) is 5.69 Å². The van der Waals surface area contributed by atoms with Crippen LogP contribution in [0.1, 0.15) is 29.8 Å². The van der Waals surface area contributed by atoms with Crippen LogP contribution in [0.25, 0.3) is 0 Å². The van der Waals surface area contributed by atoms with Gasteiger partial charge in [-0.05, 0) is 24.6 Å². The van der Waals surface area contributed by atoms with Crippen molar-refractivity contribution in [1.29, 1.82) is 0 Å². The molecule has 1 aromatic carbocycles. The van der Waals surface area contributed by atoms with Gasteiger partial charge in [0.1, 0.15) is 17.2 Å². The van der Waals surface area contributed by atoms with Crippen molar-refractivity contribution in [3.05, 3.63) is 56.0 Å². The number of rotatable bonds is 3. The first-order valence-corrected chi connectivity index (χ1v) is 7.37. The Balaban J connectivity index is 0.00000139. The van der Waals surface area contributed by atoms with Crippen LogP contribution < -0.4 is 22.3 Å². The molecule has 0 aliphatic rings. The predicted molar refractivity (Wildman–Crippen MR) is 91.2 cm³/mol. The van der Waals surface area contributed by atoms with E-state index < -0.39 is 28.5 Å². The van der Waals surface area contributed by atoms with E-state index in [1.807, 2.05) is 13.8 Å². The van der Waals surface area contributed by atoms with Crippen LogP contribution in [0.3, 0.4) is 0 Å². The second kappa shape index (κ2) is 7.58. The van der Waals surface area contributed by atoms with Gasteiger partial charge in [-0.25, -0.2) is 9.18 Å². The maximum Gasteiger partial charge on any atom is 0.332 e. The molecule has 1 amide bonds. The minimum atomic E-state index is -1.01. The predicted octanol–water partition coefficient (Wildman–Crippen LogP) is 1.40. The highest BCUT2D eigenvalue weighted by atomic mass is 19.1. The molecule has 3 N–H and O–H groups in total. The molecule has 0 aliphatic heterocycles. The maximum atomic E-state index is 13.9. The topological polar surface area (TPSA) is 99.1 Å². The fourth-order valence-electron chi connectivity index (χ4n) is 2.06. The van der Waals surface area contributed by atoms with E-state index in [-0.39, 0.29) is 11.5 Å². The van der Waals surface area contributed by atoms with Crippen LogP contribution in [0, 0.1) is 12.7 Å². The zero-order valence-electron chi connectivity index (χ0n) is 14.3. The van der Waals surface area contributed by atoms with Gasteiger partial charge in [-0.3, -0.25) is 18.7 Å². The molecule has 2 aromatic rings. The Bertz CT molecular complexity index is 884. The summed E-state index contributed by atoms with van der Waals surface area (Å²) >= 11 is 0. The number of primary amides is 1. The summed E-state index contributed by atoms with van der Waals surface area (Å²) < 4.78 is 15.7. The summed E-state index contributed by atoms with van der Waals surface area (Å²) in [5, 5.41) is 2.60. The van der Waals surface area contributed by atoms with Crippen molar-refractivity contribution >= 4 is 17.4 Å². The number of halogens is 1. The molecule has 7 nitrogen and oxygen atoms in total. The van der Waals surface area contributed by atoms with E-state index in [4.69, 9.17) is 5.73 Å². The number of anilines is 2. The molecule has 0 unspecified atom stereocenters. The van der Waals surface area contributed by atoms with Crippen molar-refractivity contribution in [3.63, 3.8) is 0 Å². The lowest BCUT2D eigenvalue weighted by molar-refractivity contribution is 0.0998. The molecule has 0 fully saturated rings. The van der Waals surface area contributed by atoms with Crippen LogP contribution >= 0.6 is 0 Å². The van der Waals surface area contributed by atoms with Gasteiger partial charge in [-0.2, -0.15) is 0 Å². The second-order valence-corrected chi connectivity index (χ2v) is 4.90. The van der Waals surface area contributed by atoms with Gasteiger partial charge in [0.2, 0.25) is 0 Å². The monoisotopic (exact) mass is 336 g/mol. The Morgan fingerprint density at radius 3 is 2.25 bits per heavy atom. The van der Waals surface area contributed by atoms with Crippen LogP contribution in [0.5, 0.6) is 0 Å². The molecule has 0 spiro atoms. The lowest BCUT2D eigenvalue weighted by Gasteiger charge is -2.15. The highest BCUT2D eigenvalue weighted by molar-refractivity contribution is 5.97. The third-order valence-electron chi connectivity index (χ3n) is 3.29. The molecule has 0 aliphatic carbocycles. The number of benzene rings is 1. The van der Waals surface area contributed by atoms with Gasteiger partial charge in [0.25, 0.3) is 11.5 Å². The van der Waals surface area contributed by atoms with Crippen LogP contribution in [0.2, 0.25) is 0 Å². The van der Waals surface area contributed by atoms with E-state index in [0.717, 1.165) is 9.13 Å². The van der Waals surface area contributed by atoms with Crippen molar-refractivity contribution in [2.45, 2.75) is 20.8 Å². The molecule has 1 aromatic heterocycles. The summed E-state index contributed by atoms with van der Waals surface area (Å²) in [7, 11) is 2.58. The average molecular weight is 336 g/mol. The normalized spacial score (nSPS) is 9.92. The average Bonchev–Trinajstić information content (AvgIpc) is 2.54. The Morgan fingerprint density at radius 2 is 1.75 bits per heavy atom.